The molecule has 1 fully saturated rings. The van der Waals surface area contributed by atoms with Gasteiger partial charge in [0, 0.05) is 20.0 Å². The van der Waals surface area contributed by atoms with Gasteiger partial charge in [0.25, 0.3) is 0 Å². The Kier molecular flexibility index (Phi) is 7.12. The second kappa shape index (κ2) is 10.1. The van der Waals surface area contributed by atoms with E-state index in [1.807, 2.05) is 36.4 Å². The number of benzene rings is 2. The molecule has 3 aromatic rings. The molecule has 1 saturated carbocycles. The molecule has 1 heterocycles. The fourth-order valence-electron chi connectivity index (χ4n) is 4.46. The number of aryl methyl sites for hydroxylation is 1. The maximum absolute atomic E-state index is 13.1. The van der Waals surface area contributed by atoms with E-state index in [1.165, 1.54) is 4.57 Å². The maximum Gasteiger partial charge on any atom is 0.419 e. The molecule has 2 N–H and O–H groups in total. The Morgan fingerprint density at radius 1 is 1.16 bits per heavy atom. The standard InChI is InChI=1S/C28H32N4O5/c1-27(2,3)37-25(34)30-17-28(12-5-13-28)24(33)31-21(16-29)14-18-6-8-19(9-7-18)20-10-11-23-22(15-20)32(4)26(35)36-23/h6-11,15,21H,5,12-14,17H2,1-4H3,(H,30,34)(H,31,33)/t21-/m0/s1. The highest BCUT2D eigenvalue weighted by molar-refractivity contribution is 5.85. The lowest BCUT2D eigenvalue weighted by atomic mass is 9.68. The highest BCUT2D eigenvalue weighted by atomic mass is 16.6. The van der Waals surface area contributed by atoms with Crippen molar-refractivity contribution in [1.29, 1.82) is 5.26 Å². The number of ether oxygens (including phenoxy) is 1. The van der Waals surface area contributed by atoms with Crippen LogP contribution in [0.15, 0.2) is 51.7 Å². The van der Waals surface area contributed by atoms with Crippen molar-refractivity contribution in [1.82, 2.24) is 15.2 Å². The van der Waals surface area contributed by atoms with Crippen molar-refractivity contribution in [2.45, 2.75) is 58.1 Å². The van der Waals surface area contributed by atoms with Gasteiger partial charge >= 0.3 is 11.8 Å². The number of carbonyl (C=O) groups is 2. The molecule has 0 spiro atoms. The summed E-state index contributed by atoms with van der Waals surface area (Å²) in [7, 11) is 1.67. The van der Waals surface area contributed by atoms with Crippen molar-refractivity contribution < 1.29 is 18.7 Å². The minimum Gasteiger partial charge on any atom is -0.444 e. The molecule has 0 saturated heterocycles. The van der Waals surface area contributed by atoms with E-state index in [0.29, 0.717) is 30.4 Å². The number of oxazole rings is 1. The van der Waals surface area contributed by atoms with E-state index in [1.54, 1.807) is 33.9 Å². The van der Waals surface area contributed by atoms with Crippen molar-refractivity contribution in [3.8, 4) is 17.2 Å². The van der Waals surface area contributed by atoms with Crippen molar-refractivity contribution in [2.75, 3.05) is 6.54 Å². The van der Waals surface area contributed by atoms with E-state index in [0.717, 1.165) is 23.1 Å². The summed E-state index contributed by atoms with van der Waals surface area (Å²) >= 11 is 0. The molecule has 0 radical (unpaired) electrons. The highest BCUT2D eigenvalue weighted by Crippen LogP contribution is 2.40. The first-order valence-electron chi connectivity index (χ1n) is 12.4. The second-order valence-electron chi connectivity index (χ2n) is 10.7. The smallest absolute Gasteiger partial charge is 0.419 e. The molecular weight excluding hydrogens is 472 g/mol. The minimum atomic E-state index is -0.721. The molecule has 4 rings (SSSR count). The van der Waals surface area contributed by atoms with Gasteiger partial charge < -0.3 is 19.8 Å². The first-order valence-corrected chi connectivity index (χ1v) is 12.4. The number of alkyl carbamates (subject to hydrolysis) is 1. The predicted molar refractivity (Wildman–Crippen MR) is 139 cm³/mol. The zero-order chi connectivity index (χ0) is 26.8. The Balaban J connectivity index is 1.38. The van der Waals surface area contributed by atoms with Gasteiger partial charge in [0.1, 0.15) is 11.6 Å². The van der Waals surface area contributed by atoms with E-state index >= 15 is 0 Å². The zero-order valence-corrected chi connectivity index (χ0v) is 21.6. The molecule has 1 aliphatic carbocycles. The van der Waals surface area contributed by atoms with E-state index < -0.39 is 28.9 Å². The Morgan fingerprint density at radius 2 is 1.84 bits per heavy atom. The van der Waals surface area contributed by atoms with Crippen molar-refractivity contribution in [3.05, 3.63) is 58.6 Å². The molecule has 2 amide bonds. The van der Waals surface area contributed by atoms with Gasteiger partial charge in [-0.1, -0.05) is 36.8 Å². The molecule has 194 valence electrons. The Bertz CT molecular complexity index is 1400. The quantitative estimate of drug-likeness (QED) is 0.500. The number of carbonyl (C=O) groups excluding carboxylic acids is 2. The average molecular weight is 505 g/mol. The Hall–Kier alpha value is -4.06. The number of rotatable bonds is 7. The van der Waals surface area contributed by atoms with Crippen LogP contribution in [0.3, 0.4) is 0 Å². The van der Waals surface area contributed by atoms with Crippen LogP contribution in [0.2, 0.25) is 0 Å². The van der Waals surface area contributed by atoms with Crippen LogP contribution >= 0.6 is 0 Å². The van der Waals surface area contributed by atoms with Gasteiger partial charge in [-0.2, -0.15) is 5.26 Å². The molecule has 0 aliphatic heterocycles. The van der Waals surface area contributed by atoms with E-state index in [4.69, 9.17) is 9.15 Å². The first-order chi connectivity index (χ1) is 17.5. The minimum absolute atomic E-state index is 0.174. The third-order valence-corrected chi connectivity index (χ3v) is 6.74. The van der Waals surface area contributed by atoms with E-state index in [-0.39, 0.29) is 12.5 Å². The molecule has 9 nitrogen and oxygen atoms in total. The number of nitrogens with zero attached hydrogens (tertiary/aromatic N) is 2. The summed E-state index contributed by atoms with van der Waals surface area (Å²) in [6, 6.07) is 14.8. The summed E-state index contributed by atoms with van der Waals surface area (Å²) in [5.74, 6) is -0.631. The normalized spacial score (nSPS) is 15.3. The molecular formula is C28H32N4O5. The molecule has 0 unspecified atom stereocenters. The lowest BCUT2D eigenvalue weighted by Gasteiger charge is -2.40. The molecule has 1 aromatic heterocycles. The molecule has 9 heteroatoms. The summed E-state index contributed by atoms with van der Waals surface area (Å²) in [6.45, 7) is 5.52. The third-order valence-electron chi connectivity index (χ3n) is 6.74. The average Bonchev–Trinajstić information content (AvgIpc) is 3.10. The van der Waals surface area contributed by atoms with Gasteiger partial charge in [-0.05, 0) is 62.4 Å². The predicted octanol–water partition coefficient (Wildman–Crippen LogP) is 4.04. The van der Waals surface area contributed by atoms with Gasteiger partial charge in [-0.25, -0.2) is 9.59 Å². The van der Waals surface area contributed by atoms with Crippen molar-refractivity contribution >= 4 is 23.1 Å². The fourth-order valence-corrected chi connectivity index (χ4v) is 4.46. The number of hydrogen-bond donors (Lipinski definition) is 2. The van der Waals surface area contributed by atoms with Crippen LogP contribution in [0, 0.1) is 16.7 Å². The monoisotopic (exact) mass is 504 g/mol. The largest absolute Gasteiger partial charge is 0.444 e. The van der Waals surface area contributed by atoms with Crippen LogP contribution in [-0.2, 0) is 23.0 Å². The van der Waals surface area contributed by atoms with Gasteiger partial charge in [-0.3, -0.25) is 9.36 Å². The van der Waals surface area contributed by atoms with Gasteiger partial charge in [0.15, 0.2) is 5.58 Å². The van der Waals surface area contributed by atoms with E-state index in [2.05, 4.69) is 16.7 Å². The number of amides is 2. The number of aromatic nitrogens is 1. The lowest BCUT2D eigenvalue weighted by Crippen LogP contribution is -2.54. The third kappa shape index (κ3) is 5.85. The van der Waals surface area contributed by atoms with Crippen LogP contribution < -0.4 is 16.4 Å². The highest BCUT2D eigenvalue weighted by Gasteiger charge is 2.45. The van der Waals surface area contributed by atoms with Crippen LogP contribution in [0.1, 0.15) is 45.6 Å². The number of hydrogen-bond acceptors (Lipinski definition) is 6. The van der Waals surface area contributed by atoms with E-state index in [9.17, 15) is 19.6 Å². The summed E-state index contributed by atoms with van der Waals surface area (Å²) in [5.41, 5.74) is 2.70. The van der Waals surface area contributed by atoms with Crippen molar-refractivity contribution in [3.63, 3.8) is 0 Å². The topological polar surface area (TPSA) is 126 Å². The molecule has 2 aromatic carbocycles. The molecule has 1 aliphatic rings. The molecule has 0 bridgehead atoms. The summed E-state index contributed by atoms with van der Waals surface area (Å²) in [4.78, 5) is 36.9. The van der Waals surface area contributed by atoms with Crippen molar-refractivity contribution in [2.24, 2.45) is 12.5 Å². The first kappa shape index (κ1) is 26.0. The van der Waals surface area contributed by atoms with Crippen LogP contribution in [0.5, 0.6) is 0 Å². The number of nitrogens with one attached hydrogen (secondary N) is 2. The van der Waals surface area contributed by atoms with Crippen LogP contribution in [0.4, 0.5) is 4.79 Å². The van der Waals surface area contributed by atoms with Crippen LogP contribution in [0.25, 0.3) is 22.2 Å². The number of nitriles is 1. The summed E-state index contributed by atoms with van der Waals surface area (Å²) < 4.78 is 11.9. The Labute approximate surface area is 215 Å². The Morgan fingerprint density at radius 3 is 2.43 bits per heavy atom. The van der Waals surface area contributed by atoms with Crippen LogP contribution in [-0.4, -0.2) is 34.8 Å². The number of fused-ring (bicyclic) bond motifs is 1. The van der Waals surface area contributed by atoms with Gasteiger partial charge in [-0.15, -0.1) is 0 Å². The van der Waals surface area contributed by atoms with Gasteiger partial charge in [0.05, 0.1) is 17.0 Å². The fraction of sp³-hybridized carbons (Fsp3) is 0.429. The second-order valence-corrected chi connectivity index (χ2v) is 10.7. The summed E-state index contributed by atoms with van der Waals surface area (Å²) in [6.07, 6.45) is 1.98. The molecule has 37 heavy (non-hydrogen) atoms. The van der Waals surface area contributed by atoms with Gasteiger partial charge in [0.2, 0.25) is 5.91 Å². The maximum atomic E-state index is 13.1. The summed E-state index contributed by atoms with van der Waals surface area (Å²) in [5, 5.41) is 15.3. The molecule has 1 atom stereocenters. The SMILES string of the molecule is Cn1c(=O)oc2ccc(-c3ccc(C[C@@H](C#N)NC(=O)C4(CNC(=O)OC(C)(C)C)CCC4)cc3)cc21. The zero-order valence-electron chi connectivity index (χ0n) is 21.6. The lowest BCUT2D eigenvalue weighted by molar-refractivity contribution is -0.136.